The highest BCUT2D eigenvalue weighted by atomic mass is 16.5. The second kappa shape index (κ2) is 7.08. The average molecular weight is 223 g/mol. The molecule has 1 heterocycles. The van der Waals surface area contributed by atoms with E-state index in [9.17, 15) is 0 Å². The molecular weight excluding hydrogens is 198 g/mol. The maximum atomic E-state index is 5.46. The number of hydrogen-bond acceptors (Lipinski definition) is 2. The van der Waals surface area contributed by atoms with Crippen molar-refractivity contribution >= 4 is 0 Å². The summed E-state index contributed by atoms with van der Waals surface area (Å²) in [5.41, 5.74) is 1.45. The first-order valence-electron chi connectivity index (χ1n) is 6.94. The Morgan fingerprint density at radius 1 is 1.12 bits per heavy atom. The maximum Gasteiger partial charge on any atom is 0.0689 e. The van der Waals surface area contributed by atoms with Gasteiger partial charge >= 0.3 is 0 Å². The molecule has 2 rings (SSSR count). The highest BCUT2D eigenvalue weighted by molar-refractivity contribution is 5.07. The van der Waals surface area contributed by atoms with Crippen LogP contribution in [0.3, 0.4) is 0 Å². The number of rotatable bonds is 3. The van der Waals surface area contributed by atoms with E-state index in [1.165, 1.54) is 50.5 Å². The van der Waals surface area contributed by atoms with E-state index in [2.05, 4.69) is 11.4 Å². The molecule has 92 valence electrons. The van der Waals surface area contributed by atoms with E-state index in [-0.39, 0.29) is 0 Å². The molecule has 0 atom stereocenters. The van der Waals surface area contributed by atoms with Crippen LogP contribution in [-0.4, -0.2) is 25.8 Å². The van der Waals surface area contributed by atoms with Crippen LogP contribution in [0.4, 0.5) is 0 Å². The van der Waals surface area contributed by atoms with Gasteiger partial charge in [-0.15, -0.1) is 0 Å². The molecule has 1 aliphatic heterocycles. The molecular formula is C14H25NO. The molecule has 16 heavy (non-hydrogen) atoms. The van der Waals surface area contributed by atoms with Crippen molar-refractivity contribution < 1.29 is 4.74 Å². The molecule has 0 saturated heterocycles. The molecule has 1 N–H and O–H groups in total. The van der Waals surface area contributed by atoms with Gasteiger partial charge in [0.05, 0.1) is 13.2 Å². The van der Waals surface area contributed by atoms with E-state index in [4.69, 9.17) is 4.74 Å². The first-order valence-corrected chi connectivity index (χ1v) is 6.94. The summed E-state index contributed by atoms with van der Waals surface area (Å²) in [6.07, 6.45) is 13.3. The highest BCUT2D eigenvalue weighted by Gasteiger charge is 2.11. The van der Waals surface area contributed by atoms with Crippen molar-refractivity contribution in [3.63, 3.8) is 0 Å². The Labute approximate surface area is 99.4 Å². The van der Waals surface area contributed by atoms with Crippen LogP contribution in [0.1, 0.15) is 51.4 Å². The largest absolute Gasteiger partial charge is 0.377 e. The van der Waals surface area contributed by atoms with Gasteiger partial charge in [0.15, 0.2) is 0 Å². The molecule has 0 spiro atoms. The Bertz CT molecular complexity index is 217. The van der Waals surface area contributed by atoms with Crippen LogP contribution in [0, 0.1) is 0 Å². The lowest BCUT2D eigenvalue weighted by Gasteiger charge is -2.22. The van der Waals surface area contributed by atoms with Crippen molar-refractivity contribution in [2.45, 2.75) is 57.4 Å². The maximum absolute atomic E-state index is 5.46. The van der Waals surface area contributed by atoms with E-state index >= 15 is 0 Å². The monoisotopic (exact) mass is 223 g/mol. The summed E-state index contributed by atoms with van der Waals surface area (Å²) in [6.45, 7) is 2.80. The smallest absolute Gasteiger partial charge is 0.0689 e. The summed E-state index contributed by atoms with van der Waals surface area (Å²) in [7, 11) is 0. The molecule has 0 aromatic carbocycles. The summed E-state index contributed by atoms with van der Waals surface area (Å²) < 4.78 is 5.46. The summed E-state index contributed by atoms with van der Waals surface area (Å²) in [5, 5.41) is 3.71. The third kappa shape index (κ3) is 4.26. The number of ether oxygens (including phenoxy) is 1. The number of hydrogen-bond donors (Lipinski definition) is 1. The molecule has 2 heteroatoms. The Balaban J connectivity index is 1.68. The lowest BCUT2D eigenvalue weighted by atomic mass is 9.96. The lowest BCUT2D eigenvalue weighted by Crippen LogP contribution is -2.32. The van der Waals surface area contributed by atoms with Crippen molar-refractivity contribution in [2.75, 3.05) is 19.8 Å². The van der Waals surface area contributed by atoms with E-state index in [0.29, 0.717) is 0 Å². The zero-order valence-corrected chi connectivity index (χ0v) is 10.3. The van der Waals surface area contributed by atoms with Crippen molar-refractivity contribution in [3.8, 4) is 0 Å². The van der Waals surface area contributed by atoms with Crippen molar-refractivity contribution in [3.05, 3.63) is 11.6 Å². The van der Waals surface area contributed by atoms with Gasteiger partial charge in [0.2, 0.25) is 0 Å². The van der Waals surface area contributed by atoms with Crippen LogP contribution in [0.2, 0.25) is 0 Å². The predicted molar refractivity (Wildman–Crippen MR) is 67.6 cm³/mol. The van der Waals surface area contributed by atoms with Crippen LogP contribution in [0.5, 0.6) is 0 Å². The fourth-order valence-electron chi connectivity index (χ4n) is 2.67. The summed E-state index contributed by atoms with van der Waals surface area (Å²) in [6, 6.07) is 0.753. The Hall–Kier alpha value is -0.340. The quantitative estimate of drug-likeness (QED) is 0.743. The van der Waals surface area contributed by atoms with Gasteiger partial charge in [-0.25, -0.2) is 0 Å². The first kappa shape index (κ1) is 12.1. The van der Waals surface area contributed by atoms with Crippen LogP contribution in [-0.2, 0) is 4.74 Å². The Kier molecular flexibility index (Phi) is 5.36. The third-order valence-electron chi connectivity index (χ3n) is 3.71. The van der Waals surface area contributed by atoms with Gasteiger partial charge < -0.3 is 10.1 Å². The lowest BCUT2D eigenvalue weighted by molar-refractivity contribution is 0.148. The standard InChI is InChI=1S/C14H25NO/c1-2-4-8-14(9-5-3-1)15-11-13-7-6-10-16-12-13/h7,14-15H,1-6,8-12H2. The third-order valence-corrected chi connectivity index (χ3v) is 3.71. The molecule has 1 aliphatic carbocycles. The molecule has 2 nitrogen and oxygen atoms in total. The molecule has 0 unspecified atom stereocenters. The van der Waals surface area contributed by atoms with Gasteiger partial charge in [-0.05, 0) is 24.8 Å². The van der Waals surface area contributed by atoms with Crippen LogP contribution >= 0.6 is 0 Å². The van der Waals surface area contributed by atoms with E-state index in [0.717, 1.165) is 32.2 Å². The summed E-state index contributed by atoms with van der Waals surface area (Å²) in [5.74, 6) is 0. The zero-order valence-electron chi connectivity index (χ0n) is 10.3. The topological polar surface area (TPSA) is 21.3 Å². The highest BCUT2D eigenvalue weighted by Crippen LogP contribution is 2.17. The molecule has 1 saturated carbocycles. The second-order valence-corrected chi connectivity index (χ2v) is 5.13. The van der Waals surface area contributed by atoms with Gasteiger partial charge in [0.1, 0.15) is 0 Å². The Morgan fingerprint density at radius 3 is 2.56 bits per heavy atom. The fraction of sp³-hybridized carbons (Fsp3) is 0.857. The van der Waals surface area contributed by atoms with Crippen LogP contribution in [0.25, 0.3) is 0 Å². The van der Waals surface area contributed by atoms with E-state index in [1.54, 1.807) is 0 Å². The normalized spacial score (nSPS) is 24.6. The molecule has 0 radical (unpaired) electrons. The average Bonchev–Trinajstić information content (AvgIpc) is 2.29. The fourth-order valence-corrected chi connectivity index (χ4v) is 2.67. The van der Waals surface area contributed by atoms with Crippen LogP contribution in [0.15, 0.2) is 11.6 Å². The minimum Gasteiger partial charge on any atom is -0.377 e. The van der Waals surface area contributed by atoms with Gasteiger partial charge in [-0.1, -0.05) is 38.2 Å². The molecule has 0 amide bonds. The van der Waals surface area contributed by atoms with Gasteiger partial charge in [0.25, 0.3) is 0 Å². The number of nitrogens with one attached hydrogen (secondary N) is 1. The van der Waals surface area contributed by atoms with Gasteiger partial charge in [-0.3, -0.25) is 0 Å². The van der Waals surface area contributed by atoms with Crippen molar-refractivity contribution in [2.24, 2.45) is 0 Å². The van der Waals surface area contributed by atoms with Crippen molar-refractivity contribution in [1.29, 1.82) is 0 Å². The molecule has 1 fully saturated rings. The summed E-state index contributed by atoms with van der Waals surface area (Å²) >= 11 is 0. The SMILES string of the molecule is C1=C(CNC2CCCCCCC2)COCC1. The second-order valence-electron chi connectivity index (χ2n) is 5.13. The van der Waals surface area contributed by atoms with Crippen molar-refractivity contribution in [1.82, 2.24) is 5.32 Å². The summed E-state index contributed by atoms with van der Waals surface area (Å²) in [4.78, 5) is 0. The van der Waals surface area contributed by atoms with E-state index < -0.39 is 0 Å². The Morgan fingerprint density at radius 2 is 1.88 bits per heavy atom. The van der Waals surface area contributed by atoms with E-state index in [1.807, 2.05) is 0 Å². The van der Waals surface area contributed by atoms with Gasteiger partial charge in [0, 0.05) is 12.6 Å². The van der Waals surface area contributed by atoms with Gasteiger partial charge in [-0.2, -0.15) is 0 Å². The minimum absolute atomic E-state index is 0.753. The molecule has 0 aromatic heterocycles. The first-order chi connectivity index (χ1) is 7.95. The predicted octanol–water partition coefficient (Wildman–Crippen LogP) is 3.04. The minimum atomic E-state index is 0.753. The molecule has 0 bridgehead atoms. The molecule has 0 aromatic rings. The molecule has 2 aliphatic rings. The van der Waals surface area contributed by atoms with Crippen LogP contribution < -0.4 is 5.32 Å². The zero-order chi connectivity index (χ0) is 11.1.